The van der Waals surface area contributed by atoms with Crippen molar-refractivity contribution >= 4 is 38.5 Å². The van der Waals surface area contributed by atoms with Crippen molar-refractivity contribution in [2.24, 2.45) is 5.84 Å². The van der Waals surface area contributed by atoms with E-state index in [9.17, 15) is 4.39 Å². The van der Waals surface area contributed by atoms with Crippen LogP contribution >= 0.6 is 27.5 Å². The fourth-order valence-electron chi connectivity index (χ4n) is 2.27. The number of halogens is 3. The van der Waals surface area contributed by atoms with E-state index in [1.54, 1.807) is 36.4 Å². The number of rotatable bonds is 3. The van der Waals surface area contributed by atoms with E-state index in [4.69, 9.17) is 21.9 Å². The highest BCUT2D eigenvalue weighted by Crippen LogP contribution is 2.33. The standard InChI is InChI=1S/C15H11BrClFN2O/c16-10-2-1-3-11(18)14(10)15(20-19)13-7-8-6-9(17)4-5-12(8)21-13/h1-7,15,20H,19H2. The molecule has 6 heteroatoms. The Hall–Kier alpha value is -1.40. The van der Waals surface area contributed by atoms with E-state index < -0.39 is 6.04 Å². The Labute approximate surface area is 134 Å². The van der Waals surface area contributed by atoms with Gasteiger partial charge in [-0.05, 0) is 36.4 Å². The van der Waals surface area contributed by atoms with Gasteiger partial charge in [0.2, 0.25) is 0 Å². The summed E-state index contributed by atoms with van der Waals surface area (Å²) in [6.45, 7) is 0. The van der Waals surface area contributed by atoms with Crippen LogP contribution in [0.15, 0.2) is 51.4 Å². The molecule has 3 nitrogen and oxygen atoms in total. The molecular weight excluding hydrogens is 359 g/mol. The molecule has 3 rings (SSSR count). The Morgan fingerprint density at radius 2 is 2.05 bits per heavy atom. The highest BCUT2D eigenvalue weighted by Gasteiger charge is 2.23. The van der Waals surface area contributed by atoms with E-state index in [1.807, 2.05) is 0 Å². The smallest absolute Gasteiger partial charge is 0.134 e. The van der Waals surface area contributed by atoms with Crippen molar-refractivity contribution in [1.29, 1.82) is 0 Å². The Morgan fingerprint density at radius 3 is 2.76 bits per heavy atom. The summed E-state index contributed by atoms with van der Waals surface area (Å²) in [7, 11) is 0. The number of fused-ring (bicyclic) bond motifs is 1. The fourth-order valence-corrected chi connectivity index (χ4v) is 3.02. The molecule has 3 N–H and O–H groups in total. The summed E-state index contributed by atoms with van der Waals surface area (Å²) >= 11 is 9.30. The van der Waals surface area contributed by atoms with Crippen molar-refractivity contribution < 1.29 is 8.81 Å². The zero-order valence-corrected chi connectivity index (χ0v) is 13.1. The van der Waals surface area contributed by atoms with E-state index in [0.29, 0.717) is 26.4 Å². The summed E-state index contributed by atoms with van der Waals surface area (Å²) < 4.78 is 20.5. The molecule has 1 atom stereocenters. The van der Waals surface area contributed by atoms with Gasteiger partial charge in [0.25, 0.3) is 0 Å². The molecule has 0 saturated heterocycles. The summed E-state index contributed by atoms with van der Waals surface area (Å²) in [6.07, 6.45) is 0. The molecule has 0 bridgehead atoms. The zero-order valence-electron chi connectivity index (χ0n) is 10.7. The minimum Gasteiger partial charge on any atom is -0.459 e. The Bertz CT molecular complexity index is 785. The van der Waals surface area contributed by atoms with Crippen molar-refractivity contribution in [2.75, 3.05) is 0 Å². The molecule has 2 aromatic carbocycles. The predicted molar refractivity (Wildman–Crippen MR) is 84.5 cm³/mol. The monoisotopic (exact) mass is 368 g/mol. The summed E-state index contributed by atoms with van der Waals surface area (Å²) in [5.41, 5.74) is 3.66. The van der Waals surface area contributed by atoms with Gasteiger partial charge in [0.05, 0.1) is 0 Å². The molecule has 0 radical (unpaired) electrons. The van der Waals surface area contributed by atoms with Crippen LogP contribution in [0.4, 0.5) is 4.39 Å². The summed E-state index contributed by atoms with van der Waals surface area (Å²) in [4.78, 5) is 0. The number of nitrogens with two attached hydrogens (primary N) is 1. The van der Waals surface area contributed by atoms with Crippen LogP contribution in [0.25, 0.3) is 11.0 Å². The van der Waals surface area contributed by atoms with Crippen LogP contribution in [0.3, 0.4) is 0 Å². The first-order valence-corrected chi connectivity index (χ1v) is 7.36. The fraction of sp³-hybridized carbons (Fsp3) is 0.0667. The van der Waals surface area contributed by atoms with Crippen molar-refractivity contribution in [2.45, 2.75) is 6.04 Å². The van der Waals surface area contributed by atoms with Crippen molar-refractivity contribution in [3.63, 3.8) is 0 Å². The molecular formula is C15H11BrClFN2O. The molecule has 0 amide bonds. The molecule has 1 aromatic heterocycles. The molecule has 1 unspecified atom stereocenters. The van der Waals surface area contributed by atoms with Crippen LogP contribution in [0, 0.1) is 5.82 Å². The first-order valence-electron chi connectivity index (χ1n) is 6.19. The number of hydrazine groups is 1. The van der Waals surface area contributed by atoms with Gasteiger partial charge in [-0.25, -0.2) is 9.82 Å². The predicted octanol–water partition coefficient (Wildman–Crippen LogP) is 4.54. The average molecular weight is 370 g/mol. The van der Waals surface area contributed by atoms with Gasteiger partial charge in [-0.15, -0.1) is 0 Å². The average Bonchev–Trinajstić information content (AvgIpc) is 2.85. The lowest BCUT2D eigenvalue weighted by Gasteiger charge is -2.16. The van der Waals surface area contributed by atoms with Crippen LogP contribution in [-0.2, 0) is 0 Å². The molecule has 0 spiro atoms. The minimum absolute atomic E-state index is 0.370. The first kappa shape index (κ1) is 14.5. The van der Waals surface area contributed by atoms with Crippen molar-refractivity contribution in [3.8, 4) is 0 Å². The van der Waals surface area contributed by atoms with Gasteiger partial charge in [0, 0.05) is 20.4 Å². The van der Waals surface area contributed by atoms with Gasteiger partial charge >= 0.3 is 0 Å². The van der Waals surface area contributed by atoms with E-state index in [0.717, 1.165) is 5.39 Å². The van der Waals surface area contributed by atoms with Gasteiger partial charge in [-0.3, -0.25) is 5.84 Å². The lowest BCUT2D eigenvalue weighted by Crippen LogP contribution is -2.29. The largest absolute Gasteiger partial charge is 0.459 e. The van der Waals surface area contributed by atoms with E-state index >= 15 is 0 Å². The van der Waals surface area contributed by atoms with Crippen LogP contribution < -0.4 is 11.3 Å². The number of nitrogens with one attached hydrogen (secondary N) is 1. The SMILES string of the molecule is NNC(c1cc2cc(Cl)ccc2o1)c1c(F)cccc1Br. The molecule has 21 heavy (non-hydrogen) atoms. The second-order valence-corrected chi connectivity index (χ2v) is 5.86. The quantitative estimate of drug-likeness (QED) is 0.526. The summed E-state index contributed by atoms with van der Waals surface area (Å²) in [6, 6.07) is 11.2. The maximum Gasteiger partial charge on any atom is 0.134 e. The van der Waals surface area contributed by atoms with Crippen molar-refractivity contribution in [1.82, 2.24) is 5.43 Å². The third-order valence-electron chi connectivity index (χ3n) is 3.24. The third-order valence-corrected chi connectivity index (χ3v) is 4.16. The number of hydrogen-bond acceptors (Lipinski definition) is 3. The molecule has 0 fully saturated rings. The molecule has 0 aliphatic carbocycles. The summed E-state index contributed by atoms with van der Waals surface area (Å²) in [5.74, 6) is 5.75. The molecule has 0 aliphatic heterocycles. The van der Waals surface area contributed by atoms with Gasteiger partial charge in [-0.1, -0.05) is 33.6 Å². The zero-order chi connectivity index (χ0) is 15.0. The second-order valence-electron chi connectivity index (χ2n) is 4.57. The Morgan fingerprint density at radius 1 is 1.24 bits per heavy atom. The highest BCUT2D eigenvalue weighted by atomic mass is 79.9. The van der Waals surface area contributed by atoms with Gasteiger partial charge in [0.15, 0.2) is 0 Å². The molecule has 3 aromatic rings. The van der Waals surface area contributed by atoms with Gasteiger partial charge in [0.1, 0.15) is 23.2 Å². The van der Waals surface area contributed by atoms with Crippen LogP contribution in [0.1, 0.15) is 17.4 Å². The van der Waals surface area contributed by atoms with Crippen LogP contribution in [0.5, 0.6) is 0 Å². The number of furan rings is 1. The molecule has 108 valence electrons. The summed E-state index contributed by atoms with van der Waals surface area (Å²) in [5, 5.41) is 1.45. The molecule has 0 aliphatic rings. The molecule has 1 heterocycles. The Kier molecular flexibility index (Phi) is 3.99. The maximum absolute atomic E-state index is 14.1. The van der Waals surface area contributed by atoms with E-state index in [-0.39, 0.29) is 5.82 Å². The van der Waals surface area contributed by atoms with Crippen LogP contribution in [-0.4, -0.2) is 0 Å². The highest BCUT2D eigenvalue weighted by molar-refractivity contribution is 9.10. The normalized spacial score (nSPS) is 12.8. The van der Waals surface area contributed by atoms with Crippen molar-refractivity contribution in [3.05, 3.63) is 69.1 Å². The topological polar surface area (TPSA) is 51.2 Å². The third kappa shape index (κ3) is 2.70. The molecule has 0 saturated carbocycles. The maximum atomic E-state index is 14.1. The first-order chi connectivity index (χ1) is 10.1. The van der Waals surface area contributed by atoms with Crippen LogP contribution in [0.2, 0.25) is 5.02 Å². The van der Waals surface area contributed by atoms with Gasteiger partial charge in [-0.2, -0.15) is 0 Å². The second kappa shape index (κ2) is 5.77. The Balaban J connectivity index is 2.14. The minimum atomic E-state index is -0.605. The van der Waals surface area contributed by atoms with E-state index in [2.05, 4.69) is 21.4 Å². The van der Waals surface area contributed by atoms with Gasteiger partial charge < -0.3 is 4.42 Å². The van der Waals surface area contributed by atoms with E-state index in [1.165, 1.54) is 6.07 Å². The lowest BCUT2D eigenvalue weighted by atomic mass is 10.0. The number of hydrogen-bond donors (Lipinski definition) is 2. The lowest BCUT2D eigenvalue weighted by molar-refractivity contribution is 0.461. The number of benzene rings is 2.